The van der Waals surface area contributed by atoms with Gasteiger partial charge in [-0.3, -0.25) is 9.78 Å². The summed E-state index contributed by atoms with van der Waals surface area (Å²) in [7, 11) is 0. The highest BCUT2D eigenvalue weighted by Gasteiger charge is 2.29. The molecule has 4 heterocycles. The number of piperidine rings is 1. The summed E-state index contributed by atoms with van der Waals surface area (Å²) in [6, 6.07) is 5.92. The van der Waals surface area contributed by atoms with Crippen molar-refractivity contribution in [2.24, 2.45) is 0 Å². The largest absolute Gasteiger partial charge is 0.337 e. The molecule has 0 aliphatic carbocycles. The predicted molar refractivity (Wildman–Crippen MR) is 98.1 cm³/mol. The second-order valence-electron chi connectivity index (χ2n) is 6.51. The zero-order chi connectivity index (χ0) is 17.9. The van der Waals surface area contributed by atoms with Gasteiger partial charge in [-0.15, -0.1) is 5.10 Å². The van der Waals surface area contributed by atoms with Gasteiger partial charge in [0.2, 0.25) is 0 Å². The van der Waals surface area contributed by atoms with Gasteiger partial charge in [-0.1, -0.05) is 10.6 Å². The van der Waals surface area contributed by atoms with Crippen molar-refractivity contribution < 1.29 is 4.79 Å². The van der Waals surface area contributed by atoms with Gasteiger partial charge in [0.15, 0.2) is 0 Å². The van der Waals surface area contributed by atoms with Gasteiger partial charge in [-0.05, 0) is 43.4 Å². The van der Waals surface area contributed by atoms with Gasteiger partial charge >= 0.3 is 0 Å². The molecule has 1 fully saturated rings. The summed E-state index contributed by atoms with van der Waals surface area (Å²) in [6.07, 6.45) is 7.62. The summed E-state index contributed by atoms with van der Waals surface area (Å²) in [5.74, 6) is 1.28. The monoisotopic (exact) mass is 368 g/mol. The number of carbonyl (C=O) groups excluding carboxylic acids is 1. The molecule has 1 atom stereocenters. The van der Waals surface area contributed by atoms with Crippen LogP contribution in [0.25, 0.3) is 0 Å². The highest BCUT2D eigenvalue weighted by atomic mass is 32.1. The van der Waals surface area contributed by atoms with Gasteiger partial charge in [-0.2, -0.15) is 0 Å². The molecule has 0 spiro atoms. The standard InChI is InChI=1S/C18H20N6OS/c1-13-16(26-22-21-13)18(25)24-9-4-5-14(11-24)17-20-8-10-23(17)12-15-6-2-3-7-19-15/h2-3,6-8,10,14H,4-5,9,11-12H2,1H3. The third kappa shape index (κ3) is 3.37. The number of hydrogen-bond donors (Lipinski definition) is 0. The van der Waals surface area contributed by atoms with Crippen molar-refractivity contribution in [2.75, 3.05) is 13.1 Å². The van der Waals surface area contributed by atoms with Crippen LogP contribution in [0, 0.1) is 6.92 Å². The van der Waals surface area contributed by atoms with Gasteiger partial charge in [0.05, 0.1) is 17.9 Å². The summed E-state index contributed by atoms with van der Waals surface area (Å²) in [4.78, 5) is 24.3. The number of amides is 1. The minimum Gasteiger partial charge on any atom is -0.337 e. The van der Waals surface area contributed by atoms with Crippen molar-refractivity contribution in [3.8, 4) is 0 Å². The lowest BCUT2D eigenvalue weighted by Gasteiger charge is -2.32. The minimum absolute atomic E-state index is 0.0324. The van der Waals surface area contributed by atoms with Gasteiger partial charge in [-0.25, -0.2) is 4.98 Å². The van der Waals surface area contributed by atoms with E-state index < -0.39 is 0 Å². The number of hydrogen-bond acceptors (Lipinski definition) is 6. The van der Waals surface area contributed by atoms with Crippen LogP contribution >= 0.6 is 11.5 Å². The summed E-state index contributed by atoms with van der Waals surface area (Å²) in [6.45, 7) is 3.97. The van der Waals surface area contributed by atoms with Crippen LogP contribution in [0.4, 0.5) is 0 Å². The van der Waals surface area contributed by atoms with Crippen molar-refractivity contribution >= 4 is 17.4 Å². The summed E-state index contributed by atoms with van der Waals surface area (Å²) in [5, 5.41) is 3.96. The molecular formula is C18H20N6OS. The molecule has 0 bridgehead atoms. The van der Waals surface area contributed by atoms with Crippen LogP contribution in [-0.2, 0) is 6.54 Å². The Morgan fingerprint density at radius 2 is 2.23 bits per heavy atom. The average molecular weight is 368 g/mol. The van der Waals surface area contributed by atoms with E-state index in [2.05, 4.69) is 24.1 Å². The number of carbonyl (C=O) groups is 1. The van der Waals surface area contributed by atoms with Crippen molar-refractivity contribution in [3.05, 3.63) is 58.9 Å². The number of likely N-dealkylation sites (tertiary alicyclic amines) is 1. The molecule has 3 aromatic rings. The van der Waals surface area contributed by atoms with E-state index in [0.717, 1.165) is 30.9 Å². The van der Waals surface area contributed by atoms with E-state index in [1.807, 2.05) is 42.4 Å². The molecule has 4 rings (SSSR count). The van der Waals surface area contributed by atoms with E-state index >= 15 is 0 Å². The Labute approximate surface area is 155 Å². The maximum absolute atomic E-state index is 12.8. The lowest BCUT2D eigenvalue weighted by atomic mass is 9.97. The molecule has 8 heteroatoms. The SMILES string of the molecule is Cc1nnsc1C(=O)N1CCCC(c2nccn2Cc2ccccn2)C1. The lowest BCUT2D eigenvalue weighted by molar-refractivity contribution is 0.0707. The lowest BCUT2D eigenvalue weighted by Crippen LogP contribution is -2.39. The van der Waals surface area contributed by atoms with E-state index in [-0.39, 0.29) is 11.8 Å². The average Bonchev–Trinajstić information content (AvgIpc) is 3.31. The molecule has 0 saturated carbocycles. The van der Waals surface area contributed by atoms with Crippen LogP contribution in [0.1, 0.15) is 45.6 Å². The third-order valence-corrected chi connectivity index (χ3v) is 5.54. The summed E-state index contributed by atoms with van der Waals surface area (Å²) < 4.78 is 6.03. The zero-order valence-electron chi connectivity index (χ0n) is 14.6. The number of aryl methyl sites for hydroxylation is 1. The number of imidazole rings is 1. The second kappa shape index (κ2) is 7.33. The first-order valence-electron chi connectivity index (χ1n) is 8.71. The van der Waals surface area contributed by atoms with Crippen molar-refractivity contribution in [3.63, 3.8) is 0 Å². The smallest absolute Gasteiger partial charge is 0.267 e. The fourth-order valence-electron chi connectivity index (χ4n) is 3.42. The van der Waals surface area contributed by atoms with E-state index in [4.69, 9.17) is 0 Å². The summed E-state index contributed by atoms with van der Waals surface area (Å²) >= 11 is 1.17. The molecule has 7 nitrogen and oxygen atoms in total. The quantitative estimate of drug-likeness (QED) is 0.707. The Balaban J connectivity index is 1.51. The van der Waals surface area contributed by atoms with Gasteiger partial charge < -0.3 is 9.47 Å². The Kier molecular flexibility index (Phi) is 4.75. The molecule has 1 unspecified atom stereocenters. The van der Waals surface area contributed by atoms with Gasteiger partial charge in [0.25, 0.3) is 5.91 Å². The highest BCUT2D eigenvalue weighted by molar-refractivity contribution is 7.07. The Morgan fingerprint density at radius 1 is 1.31 bits per heavy atom. The Morgan fingerprint density at radius 3 is 3.00 bits per heavy atom. The maximum Gasteiger partial charge on any atom is 0.267 e. The van der Waals surface area contributed by atoms with Crippen molar-refractivity contribution in [1.29, 1.82) is 0 Å². The van der Waals surface area contributed by atoms with Crippen LogP contribution in [0.15, 0.2) is 36.8 Å². The van der Waals surface area contributed by atoms with Gasteiger partial charge in [0.1, 0.15) is 10.7 Å². The molecule has 1 amide bonds. The normalized spacial score (nSPS) is 17.4. The molecule has 1 aliphatic rings. The van der Waals surface area contributed by atoms with Crippen LogP contribution < -0.4 is 0 Å². The topological polar surface area (TPSA) is 76.8 Å². The molecule has 0 N–H and O–H groups in total. The molecule has 3 aromatic heterocycles. The van der Waals surface area contributed by atoms with Crippen LogP contribution in [0.2, 0.25) is 0 Å². The first-order valence-corrected chi connectivity index (χ1v) is 9.49. The van der Waals surface area contributed by atoms with E-state index in [1.165, 1.54) is 11.5 Å². The number of aromatic nitrogens is 5. The molecule has 26 heavy (non-hydrogen) atoms. The first-order chi connectivity index (χ1) is 12.7. The third-order valence-electron chi connectivity index (χ3n) is 4.73. The predicted octanol–water partition coefficient (Wildman–Crippen LogP) is 2.51. The summed E-state index contributed by atoms with van der Waals surface area (Å²) in [5.41, 5.74) is 1.71. The van der Waals surface area contributed by atoms with Crippen LogP contribution in [0.5, 0.6) is 0 Å². The van der Waals surface area contributed by atoms with E-state index in [1.54, 1.807) is 6.20 Å². The number of pyridine rings is 1. The maximum atomic E-state index is 12.8. The van der Waals surface area contributed by atoms with Crippen LogP contribution in [0.3, 0.4) is 0 Å². The fourth-order valence-corrected chi connectivity index (χ4v) is 4.05. The fraction of sp³-hybridized carbons (Fsp3) is 0.389. The first kappa shape index (κ1) is 16.8. The van der Waals surface area contributed by atoms with Crippen LogP contribution in [-0.4, -0.2) is 48.0 Å². The van der Waals surface area contributed by atoms with Crippen molar-refractivity contribution in [2.45, 2.75) is 32.2 Å². The Hall–Kier alpha value is -2.61. The molecular weight excluding hydrogens is 348 g/mol. The molecule has 0 radical (unpaired) electrons. The minimum atomic E-state index is 0.0324. The molecule has 134 valence electrons. The Bertz CT molecular complexity index is 890. The van der Waals surface area contributed by atoms with Crippen molar-refractivity contribution in [1.82, 2.24) is 29.0 Å². The van der Waals surface area contributed by atoms with Gasteiger partial charge in [0, 0.05) is 37.6 Å². The molecule has 0 aromatic carbocycles. The molecule has 1 saturated heterocycles. The molecule has 1 aliphatic heterocycles. The van der Waals surface area contributed by atoms with E-state index in [0.29, 0.717) is 23.7 Å². The number of nitrogens with zero attached hydrogens (tertiary/aromatic N) is 6. The highest BCUT2D eigenvalue weighted by Crippen LogP contribution is 2.28. The van der Waals surface area contributed by atoms with E-state index in [9.17, 15) is 4.79 Å². The zero-order valence-corrected chi connectivity index (χ0v) is 15.4. The second-order valence-corrected chi connectivity index (χ2v) is 7.27. The number of rotatable bonds is 4.